The maximum absolute atomic E-state index is 13.0. The Bertz CT molecular complexity index is 298. The van der Waals surface area contributed by atoms with Crippen molar-refractivity contribution in [3.8, 4) is 0 Å². The molecule has 0 heterocycles. The Kier molecular flexibility index (Phi) is 2.42. The van der Waals surface area contributed by atoms with Gasteiger partial charge in [0.15, 0.2) is 11.6 Å². The summed E-state index contributed by atoms with van der Waals surface area (Å²) in [7, 11) is 0. The molecule has 1 aromatic carbocycles. The molecule has 0 radical (unpaired) electrons. The van der Waals surface area contributed by atoms with E-state index in [2.05, 4.69) is 0 Å². The molecule has 72 valence electrons. The molecular weight excluding hydrogens is 170 g/mol. The van der Waals surface area contributed by atoms with Gasteiger partial charge in [-0.25, -0.2) is 8.78 Å². The minimum absolute atomic E-state index is 0.140. The third-order valence-electron chi connectivity index (χ3n) is 2.08. The van der Waals surface area contributed by atoms with E-state index in [9.17, 15) is 8.78 Å². The topological polar surface area (TPSA) is 0 Å². The van der Waals surface area contributed by atoms with E-state index in [0.29, 0.717) is 5.56 Å². The van der Waals surface area contributed by atoms with E-state index in [0.717, 1.165) is 5.56 Å². The Balaban J connectivity index is 3.29. The number of benzene rings is 1. The van der Waals surface area contributed by atoms with Gasteiger partial charge in [0.2, 0.25) is 0 Å². The summed E-state index contributed by atoms with van der Waals surface area (Å²) in [5.41, 5.74) is 1.05. The molecule has 0 saturated carbocycles. The summed E-state index contributed by atoms with van der Waals surface area (Å²) in [5, 5.41) is 0. The van der Waals surface area contributed by atoms with E-state index in [4.69, 9.17) is 0 Å². The fraction of sp³-hybridized carbons (Fsp3) is 0.455. The first-order chi connectivity index (χ1) is 5.82. The maximum Gasteiger partial charge on any atom is 0.161 e. The third-order valence-corrected chi connectivity index (χ3v) is 2.08. The van der Waals surface area contributed by atoms with Crippen molar-refractivity contribution >= 4 is 0 Å². The molecule has 0 spiro atoms. The van der Waals surface area contributed by atoms with Crippen molar-refractivity contribution in [2.45, 2.75) is 33.1 Å². The molecule has 1 rings (SSSR count). The van der Waals surface area contributed by atoms with Crippen LogP contribution in [0.3, 0.4) is 0 Å². The van der Waals surface area contributed by atoms with Crippen LogP contribution in [-0.2, 0) is 5.41 Å². The van der Waals surface area contributed by atoms with Gasteiger partial charge in [-0.1, -0.05) is 26.8 Å². The SMILES string of the molecule is Cc1cc(C(C)(C)C)cc(F)c1F. The van der Waals surface area contributed by atoms with Gasteiger partial charge >= 0.3 is 0 Å². The Morgan fingerprint density at radius 3 is 2.00 bits per heavy atom. The summed E-state index contributed by atoms with van der Waals surface area (Å²) >= 11 is 0. The minimum atomic E-state index is -0.759. The molecule has 0 N–H and O–H groups in total. The fourth-order valence-electron chi connectivity index (χ4n) is 1.16. The highest BCUT2D eigenvalue weighted by Crippen LogP contribution is 2.25. The first kappa shape index (κ1) is 10.2. The van der Waals surface area contributed by atoms with Crippen molar-refractivity contribution in [2.75, 3.05) is 0 Å². The van der Waals surface area contributed by atoms with Gasteiger partial charge in [0.1, 0.15) is 0 Å². The molecule has 0 bridgehead atoms. The summed E-state index contributed by atoms with van der Waals surface area (Å²) in [6.45, 7) is 7.49. The lowest BCUT2D eigenvalue weighted by Gasteiger charge is -2.19. The number of hydrogen-bond donors (Lipinski definition) is 0. The summed E-state index contributed by atoms with van der Waals surface area (Å²) in [6, 6.07) is 2.96. The van der Waals surface area contributed by atoms with Gasteiger partial charge in [-0.3, -0.25) is 0 Å². The molecule has 13 heavy (non-hydrogen) atoms. The lowest BCUT2D eigenvalue weighted by atomic mass is 9.86. The molecular formula is C11H14F2. The van der Waals surface area contributed by atoms with Crippen LogP contribution in [-0.4, -0.2) is 0 Å². The Morgan fingerprint density at radius 2 is 1.62 bits per heavy atom. The highest BCUT2D eigenvalue weighted by molar-refractivity contribution is 5.29. The van der Waals surface area contributed by atoms with Gasteiger partial charge in [-0.2, -0.15) is 0 Å². The zero-order valence-corrected chi connectivity index (χ0v) is 8.41. The normalized spacial score (nSPS) is 11.8. The fourth-order valence-corrected chi connectivity index (χ4v) is 1.16. The Hall–Kier alpha value is -0.920. The Labute approximate surface area is 77.6 Å². The van der Waals surface area contributed by atoms with Crippen molar-refractivity contribution in [2.24, 2.45) is 0 Å². The zero-order chi connectivity index (χ0) is 10.2. The zero-order valence-electron chi connectivity index (χ0n) is 8.41. The molecule has 0 aliphatic carbocycles. The number of rotatable bonds is 0. The van der Waals surface area contributed by atoms with Gasteiger partial charge in [0.25, 0.3) is 0 Å². The summed E-state index contributed by atoms with van der Waals surface area (Å²) in [4.78, 5) is 0. The summed E-state index contributed by atoms with van der Waals surface area (Å²) in [5.74, 6) is -1.50. The van der Waals surface area contributed by atoms with Crippen LogP contribution >= 0.6 is 0 Å². The average molecular weight is 184 g/mol. The second-order valence-corrected chi connectivity index (χ2v) is 4.34. The largest absolute Gasteiger partial charge is 0.204 e. The van der Waals surface area contributed by atoms with Gasteiger partial charge < -0.3 is 0 Å². The van der Waals surface area contributed by atoms with E-state index in [-0.39, 0.29) is 5.41 Å². The number of hydrogen-bond acceptors (Lipinski definition) is 0. The van der Waals surface area contributed by atoms with Crippen LogP contribution in [0.2, 0.25) is 0 Å². The molecule has 2 heteroatoms. The van der Waals surface area contributed by atoms with Crippen molar-refractivity contribution in [1.82, 2.24) is 0 Å². The molecule has 0 aromatic heterocycles. The van der Waals surface area contributed by atoms with Crippen LogP contribution in [0.1, 0.15) is 31.9 Å². The second kappa shape index (κ2) is 3.09. The Morgan fingerprint density at radius 1 is 1.08 bits per heavy atom. The van der Waals surface area contributed by atoms with Crippen molar-refractivity contribution in [3.05, 3.63) is 34.9 Å². The van der Waals surface area contributed by atoms with E-state index >= 15 is 0 Å². The lowest BCUT2D eigenvalue weighted by Crippen LogP contribution is -2.12. The predicted molar refractivity (Wildman–Crippen MR) is 49.8 cm³/mol. The van der Waals surface area contributed by atoms with Gasteiger partial charge in [-0.05, 0) is 29.5 Å². The maximum atomic E-state index is 13.0. The standard InChI is InChI=1S/C11H14F2/c1-7-5-8(11(2,3)4)6-9(12)10(7)13/h5-6H,1-4H3. The monoisotopic (exact) mass is 184 g/mol. The van der Waals surface area contributed by atoms with Crippen molar-refractivity contribution in [3.63, 3.8) is 0 Å². The van der Waals surface area contributed by atoms with Gasteiger partial charge in [0, 0.05) is 0 Å². The van der Waals surface area contributed by atoms with Crippen LogP contribution in [0.15, 0.2) is 12.1 Å². The molecule has 0 saturated heterocycles. The van der Waals surface area contributed by atoms with Crippen LogP contribution < -0.4 is 0 Å². The first-order valence-corrected chi connectivity index (χ1v) is 4.28. The highest BCUT2D eigenvalue weighted by Gasteiger charge is 2.17. The van der Waals surface area contributed by atoms with E-state index in [1.165, 1.54) is 6.07 Å². The molecule has 0 unspecified atom stereocenters. The van der Waals surface area contributed by atoms with Crippen LogP contribution in [0.25, 0.3) is 0 Å². The molecule has 1 aromatic rings. The molecule has 0 aliphatic rings. The average Bonchev–Trinajstić information content (AvgIpc) is 1.97. The predicted octanol–water partition coefficient (Wildman–Crippen LogP) is 3.57. The van der Waals surface area contributed by atoms with Crippen molar-refractivity contribution < 1.29 is 8.78 Å². The number of aryl methyl sites for hydroxylation is 1. The molecule has 0 fully saturated rings. The molecule has 0 amide bonds. The summed E-state index contributed by atoms with van der Waals surface area (Å²) in [6.07, 6.45) is 0. The quantitative estimate of drug-likeness (QED) is 0.578. The molecule has 0 atom stereocenters. The summed E-state index contributed by atoms with van der Waals surface area (Å²) < 4.78 is 25.9. The molecule has 0 nitrogen and oxygen atoms in total. The van der Waals surface area contributed by atoms with Gasteiger partial charge in [-0.15, -0.1) is 0 Å². The van der Waals surface area contributed by atoms with Crippen LogP contribution in [0.5, 0.6) is 0 Å². The lowest BCUT2D eigenvalue weighted by molar-refractivity contribution is 0.493. The van der Waals surface area contributed by atoms with Crippen molar-refractivity contribution in [1.29, 1.82) is 0 Å². The first-order valence-electron chi connectivity index (χ1n) is 4.28. The van der Waals surface area contributed by atoms with E-state index in [1.807, 2.05) is 20.8 Å². The van der Waals surface area contributed by atoms with E-state index in [1.54, 1.807) is 13.0 Å². The van der Waals surface area contributed by atoms with Crippen LogP contribution in [0, 0.1) is 18.6 Å². The second-order valence-electron chi connectivity index (χ2n) is 4.34. The third kappa shape index (κ3) is 2.06. The molecule has 0 aliphatic heterocycles. The van der Waals surface area contributed by atoms with E-state index < -0.39 is 11.6 Å². The highest BCUT2D eigenvalue weighted by atomic mass is 19.2. The minimum Gasteiger partial charge on any atom is -0.204 e. The number of halogens is 2. The van der Waals surface area contributed by atoms with Crippen LogP contribution in [0.4, 0.5) is 8.78 Å². The van der Waals surface area contributed by atoms with Gasteiger partial charge in [0.05, 0.1) is 0 Å². The smallest absolute Gasteiger partial charge is 0.161 e.